The van der Waals surface area contributed by atoms with E-state index in [0.29, 0.717) is 28.4 Å². The quantitative estimate of drug-likeness (QED) is 0.623. The van der Waals surface area contributed by atoms with Gasteiger partial charge in [0.15, 0.2) is 6.79 Å². The molecule has 23 heavy (non-hydrogen) atoms. The van der Waals surface area contributed by atoms with Crippen LogP contribution in [0.1, 0.15) is 11.1 Å². The fraction of sp³-hybridized carbons (Fsp3) is 0.250. The van der Waals surface area contributed by atoms with Crippen molar-refractivity contribution < 1.29 is 23.9 Å². The summed E-state index contributed by atoms with van der Waals surface area (Å²) in [5, 5.41) is 11.1. The minimum atomic E-state index is -0.441. The number of rotatable bonds is 5. The maximum absolute atomic E-state index is 11.1. The van der Waals surface area contributed by atoms with E-state index in [1.54, 1.807) is 25.3 Å². The number of non-ortho nitro benzene ring substituents is 1. The zero-order valence-electron chi connectivity index (χ0n) is 12.5. The zero-order chi connectivity index (χ0) is 16.2. The molecule has 0 atom stereocenters. The van der Waals surface area contributed by atoms with Gasteiger partial charge in [0.25, 0.3) is 5.69 Å². The highest BCUT2D eigenvalue weighted by atomic mass is 16.7. The molecule has 0 fully saturated rings. The third-order valence-corrected chi connectivity index (χ3v) is 3.42. The molecule has 0 bridgehead atoms. The van der Waals surface area contributed by atoms with Crippen LogP contribution in [0.2, 0.25) is 0 Å². The predicted molar refractivity (Wildman–Crippen MR) is 80.7 cm³/mol. The number of benzene rings is 2. The monoisotopic (exact) mass is 317 g/mol. The summed E-state index contributed by atoms with van der Waals surface area (Å²) >= 11 is 0. The van der Waals surface area contributed by atoms with Crippen molar-refractivity contribution in [3.63, 3.8) is 0 Å². The van der Waals surface area contributed by atoms with Gasteiger partial charge in [-0.3, -0.25) is 10.1 Å². The predicted octanol–water partition coefficient (Wildman–Crippen LogP) is 3.05. The van der Waals surface area contributed by atoms with E-state index < -0.39 is 4.92 Å². The van der Waals surface area contributed by atoms with Crippen LogP contribution in [-0.4, -0.2) is 18.8 Å². The van der Waals surface area contributed by atoms with E-state index in [-0.39, 0.29) is 25.7 Å². The number of ether oxygens (including phenoxy) is 4. The van der Waals surface area contributed by atoms with Crippen molar-refractivity contribution in [2.24, 2.45) is 0 Å². The first-order valence-electron chi connectivity index (χ1n) is 6.95. The number of nitro benzene ring substituents is 1. The molecular weight excluding hydrogens is 302 g/mol. The molecule has 0 radical (unpaired) electrons. The average Bonchev–Trinajstić information content (AvgIpc) is 2.59. The van der Waals surface area contributed by atoms with E-state index in [4.69, 9.17) is 18.9 Å². The molecule has 0 saturated heterocycles. The van der Waals surface area contributed by atoms with Crippen molar-refractivity contribution >= 4 is 5.69 Å². The Morgan fingerprint density at radius 1 is 1.26 bits per heavy atom. The molecule has 3 rings (SSSR count). The number of hydrogen-bond acceptors (Lipinski definition) is 6. The highest BCUT2D eigenvalue weighted by Crippen LogP contribution is 2.33. The lowest BCUT2D eigenvalue weighted by atomic mass is 10.1. The molecule has 0 unspecified atom stereocenters. The lowest BCUT2D eigenvalue weighted by molar-refractivity contribution is -0.385. The van der Waals surface area contributed by atoms with Crippen LogP contribution in [-0.2, 0) is 18.0 Å². The average molecular weight is 317 g/mol. The van der Waals surface area contributed by atoms with Crippen LogP contribution in [0.3, 0.4) is 0 Å². The highest BCUT2D eigenvalue weighted by Gasteiger charge is 2.21. The first kappa shape index (κ1) is 15.1. The highest BCUT2D eigenvalue weighted by molar-refractivity contribution is 5.50. The van der Waals surface area contributed by atoms with Crippen LogP contribution in [0.15, 0.2) is 36.4 Å². The summed E-state index contributed by atoms with van der Waals surface area (Å²) in [6.45, 7) is 0.553. The second kappa shape index (κ2) is 6.53. The third-order valence-electron chi connectivity index (χ3n) is 3.42. The Labute approximate surface area is 132 Å². The van der Waals surface area contributed by atoms with Crippen LogP contribution in [0, 0.1) is 10.1 Å². The Balaban J connectivity index is 1.86. The van der Waals surface area contributed by atoms with Gasteiger partial charge < -0.3 is 18.9 Å². The van der Waals surface area contributed by atoms with Crippen molar-refractivity contribution in [1.82, 2.24) is 0 Å². The van der Waals surface area contributed by atoms with E-state index in [2.05, 4.69) is 0 Å². The molecule has 7 heteroatoms. The number of hydrogen-bond donors (Lipinski definition) is 0. The minimum absolute atomic E-state index is 0.0120. The maximum Gasteiger partial charge on any atom is 0.270 e. The van der Waals surface area contributed by atoms with Crippen LogP contribution in [0.5, 0.6) is 17.2 Å². The van der Waals surface area contributed by atoms with Gasteiger partial charge in [0, 0.05) is 29.3 Å². The van der Waals surface area contributed by atoms with E-state index in [0.717, 1.165) is 0 Å². The first-order valence-corrected chi connectivity index (χ1v) is 6.95. The van der Waals surface area contributed by atoms with Gasteiger partial charge in [-0.2, -0.15) is 0 Å². The fourth-order valence-electron chi connectivity index (χ4n) is 2.35. The standard InChI is InChI=1S/C16H15NO6/c1-20-14-3-2-4-15(7-14)22-9-12-6-13(17(18)19)5-11-8-21-10-23-16(11)12/h2-7H,8-10H2,1H3. The molecule has 1 heterocycles. The van der Waals surface area contributed by atoms with Crippen molar-refractivity contribution in [1.29, 1.82) is 0 Å². The molecule has 0 aliphatic carbocycles. The lowest BCUT2D eigenvalue weighted by Crippen LogP contribution is -2.14. The summed E-state index contributed by atoms with van der Waals surface area (Å²) < 4.78 is 21.5. The minimum Gasteiger partial charge on any atom is -0.497 e. The molecule has 120 valence electrons. The Kier molecular flexibility index (Phi) is 4.29. The van der Waals surface area contributed by atoms with Crippen LogP contribution < -0.4 is 14.2 Å². The largest absolute Gasteiger partial charge is 0.497 e. The van der Waals surface area contributed by atoms with E-state index >= 15 is 0 Å². The van der Waals surface area contributed by atoms with Crippen molar-refractivity contribution in [2.75, 3.05) is 13.9 Å². The zero-order valence-corrected chi connectivity index (χ0v) is 12.5. The van der Waals surface area contributed by atoms with Gasteiger partial charge >= 0.3 is 0 Å². The third kappa shape index (κ3) is 3.35. The summed E-state index contributed by atoms with van der Waals surface area (Å²) in [4.78, 5) is 10.6. The molecule has 1 aliphatic heterocycles. The van der Waals surface area contributed by atoms with Crippen LogP contribution >= 0.6 is 0 Å². The SMILES string of the molecule is COc1cccc(OCc2cc([N+](=O)[O-])cc3c2OCOC3)c1. The molecule has 0 N–H and O–H groups in total. The Hall–Kier alpha value is -2.80. The molecule has 0 spiro atoms. The normalized spacial score (nSPS) is 12.9. The summed E-state index contributed by atoms with van der Waals surface area (Å²) in [6.07, 6.45) is 0. The molecule has 0 amide bonds. The van der Waals surface area contributed by atoms with E-state index in [1.807, 2.05) is 6.07 Å². The molecule has 0 aromatic heterocycles. The Morgan fingerprint density at radius 2 is 2.09 bits per heavy atom. The molecular formula is C16H15NO6. The molecule has 2 aromatic carbocycles. The second-order valence-corrected chi connectivity index (χ2v) is 4.93. The summed E-state index contributed by atoms with van der Waals surface area (Å²) in [5.41, 5.74) is 1.25. The van der Waals surface area contributed by atoms with Gasteiger partial charge in [-0.15, -0.1) is 0 Å². The fourth-order valence-corrected chi connectivity index (χ4v) is 2.35. The lowest BCUT2D eigenvalue weighted by Gasteiger charge is -2.20. The molecule has 7 nitrogen and oxygen atoms in total. The number of fused-ring (bicyclic) bond motifs is 1. The molecule has 0 saturated carbocycles. The number of nitrogens with zero attached hydrogens (tertiary/aromatic N) is 1. The van der Waals surface area contributed by atoms with Gasteiger partial charge in [-0.05, 0) is 12.1 Å². The van der Waals surface area contributed by atoms with Gasteiger partial charge in [-0.25, -0.2) is 0 Å². The summed E-state index contributed by atoms with van der Waals surface area (Å²) in [6, 6.07) is 10.1. The van der Waals surface area contributed by atoms with Crippen LogP contribution in [0.4, 0.5) is 5.69 Å². The van der Waals surface area contributed by atoms with Gasteiger partial charge in [0.1, 0.15) is 23.9 Å². The van der Waals surface area contributed by atoms with Gasteiger partial charge in [0.05, 0.1) is 18.6 Å². The molecule has 1 aliphatic rings. The smallest absolute Gasteiger partial charge is 0.270 e. The van der Waals surface area contributed by atoms with Gasteiger partial charge in [0.2, 0.25) is 0 Å². The van der Waals surface area contributed by atoms with E-state index in [1.165, 1.54) is 12.1 Å². The topological polar surface area (TPSA) is 80.1 Å². The van der Waals surface area contributed by atoms with Crippen LogP contribution in [0.25, 0.3) is 0 Å². The van der Waals surface area contributed by atoms with Crippen molar-refractivity contribution in [3.05, 3.63) is 57.6 Å². The Morgan fingerprint density at radius 3 is 2.87 bits per heavy atom. The van der Waals surface area contributed by atoms with Gasteiger partial charge in [-0.1, -0.05) is 6.07 Å². The van der Waals surface area contributed by atoms with Crippen molar-refractivity contribution in [3.8, 4) is 17.2 Å². The number of methoxy groups -OCH3 is 1. The van der Waals surface area contributed by atoms with Crippen molar-refractivity contribution in [2.45, 2.75) is 13.2 Å². The molecule has 2 aromatic rings. The maximum atomic E-state index is 11.1. The second-order valence-electron chi connectivity index (χ2n) is 4.93. The first-order chi connectivity index (χ1) is 11.2. The summed E-state index contributed by atoms with van der Waals surface area (Å²) in [7, 11) is 1.57. The Bertz CT molecular complexity index is 731. The summed E-state index contributed by atoms with van der Waals surface area (Å²) in [5.74, 6) is 1.87. The van der Waals surface area contributed by atoms with E-state index in [9.17, 15) is 10.1 Å². The number of nitro groups is 1.